The van der Waals surface area contributed by atoms with Gasteiger partial charge in [0.15, 0.2) is 6.61 Å². The van der Waals surface area contributed by atoms with Gasteiger partial charge in [-0.25, -0.2) is 0 Å². The minimum atomic E-state index is -0.335. The first kappa shape index (κ1) is 22.2. The Hall–Kier alpha value is -1.54. The Balaban J connectivity index is 1.51. The van der Waals surface area contributed by atoms with Crippen LogP contribution in [0.1, 0.15) is 10.1 Å². The van der Waals surface area contributed by atoms with Gasteiger partial charge in [-0.2, -0.15) is 0 Å². The SMILES string of the molecule is CN(CC(=O)Nc1ccc(Cl)c(Cl)c1)C(=O)COc1ccccc1C1SCCS1. The molecule has 2 aromatic carbocycles. The number of nitrogens with zero attached hydrogens (tertiary/aromatic N) is 1. The number of likely N-dealkylation sites (N-methyl/N-ethyl adjacent to an activating group) is 1. The van der Waals surface area contributed by atoms with Gasteiger partial charge in [0, 0.05) is 29.8 Å². The number of hydrogen-bond acceptors (Lipinski definition) is 5. The average molecular weight is 471 g/mol. The van der Waals surface area contributed by atoms with E-state index in [0.29, 0.717) is 26.1 Å². The standard InChI is InChI=1S/C20H20Cl2N2O3S2/c1-24(11-18(25)23-13-6-7-15(21)16(22)10-13)19(26)12-27-17-5-3-2-4-14(17)20-28-8-9-29-20/h2-7,10,20H,8-9,11-12H2,1H3,(H,23,25). The molecule has 0 atom stereocenters. The zero-order chi connectivity index (χ0) is 20.8. The second-order valence-corrected chi connectivity index (χ2v) is 9.87. The summed E-state index contributed by atoms with van der Waals surface area (Å²) in [7, 11) is 1.56. The van der Waals surface area contributed by atoms with Crippen molar-refractivity contribution in [1.29, 1.82) is 0 Å². The molecule has 9 heteroatoms. The minimum absolute atomic E-state index is 0.0988. The number of rotatable bonds is 7. The zero-order valence-electron chi connectivity index (χ0n) is 15.7. The topological polar surface area (TPSA) is 58.6 Å². The van der Waals surface area contributed by atoms with E-state index >= 15 is 0 Å². The number of nitrogens with one attached hydrogen (secondary N) is 1. The number of halogens is 2. The first-order valence-electron chi connectivity index (χ1n) is 8.88. The van der Waals surface area contributed by atoms with Crippen molar-refractivity contribution >= 4 is 64.2 Å². The number of benzene rings is 2. The molecular weight excluding hydrogens is 451 g/mol. The van der Waals surface area contributed by atoms with Crippen molar-refractivity contribution in [2.24, 2.45) is 0 Å². The lowest BCUT2D eigenvalue weighted by Gasteiger charge is -2.19. The quantitative estimate of drug-likeness (QED) is 0.620. The summed E-state index contributed by atoms with van der Waals surface area (Å²) < 4.78 is 6.11. The van der Waals surface area contributed by atoms with Crippen LogP contribution in [-0.4, -0.2) is 48.4 Å². The molecule has 29 heavy (non-hydrogen) atoms. The molecule has 1 N–H and O–H groups in total. The van der Waals surface area contributed by atoms with Gasteiger partial charge in [0.2, 0.25) is 5.91 Å². The van der Waals surface area contributed by atoms with Gasteiger partial charge in [0.25, 0.3) is 5.91 Å². The Kier molecular flexibility index (Phi) is 8.00. The van der Waals surface area contributed by atoms with Gasteiger partial charge in [0.05, 0.1) is 21.2 Å². The summed E-state index contributed by atoms with van der Waals surface area (Å²) in [5.41, 5.74) is 1.61. The van der Waals surface area contributed by atoms with Crippen LogP contribution in [0.25, 0.3) is 0 Å². The highest BCUT2D eigenvalue weighted by molar-refractivity contribution is 8.19. The number of ether oxygens (including phenoxy) is 1. The fourth-order valence-corrected chi connectivity index (χ4v) is 5.88. The fourth-order valence-electron chi connectivity index (χ4n) is 2.67. The predicted octanol–water partition coefficient (Wildman–Crippen LogP) is 4.95. The Morgan fingerprint density at radius 3 is 2.59 bits per heavy atom. The Morgan fingerprint density at radius 2 is 1.86 bits per heavy atom. The van der Waals surface area contributed by atoms with E-state index in [-0.39, 0.29) is 25.0 Å². The van der Waals surface area contributed by atoms with E-state index < -0.39 is 0 Å². The normalized spacial score (nSPS) is 13.9. The van der Waals surface area contributed by atoms with Crippen molar-refractivity contribution in [2.75, 3.05) is 37.0 Å². The Bertz CT molecular complexity index is 892. The summed E-state index contributed by atoms with van der Waals surface area (Å²) in [4.78, 5) is 25.9. The maximum absolute atomic E-state index is 12.4. The van der Waals surface area contributed by atoms with Crippen LogP contribution in [0, 0.1) is 0 Å². The number of hydrogen-bond donors (Lipinski definition) is 1. The van der Waals surface area contributed by atoms with E-state index in [1.54, 1.807) is 25.2 Å². The summed E-state index contributed by atoms with van der Waals surface area (Å²) in [6.45, 7) is -0.228. The van der Waals surface area contributed by atoms with E-state index in [4.69, 9.17) is 27.9 Å². The molecule has 0 unspecified atom stereocenters. The number of carbonyl (C=O) groups is 2. The number of thioether (sulfide) groups is 2. The van der Waals surface area contributed by atoms with Gasteiger partial charge in [-0.3, -0.25) is 9.59 Å². The maximum atomic E-state index is 12.4. The molecule has 3 rings (SSSR count). The lowest BCUT2D eigenvalue weighted by molar-refractivity contribution is -0.135. The largest absolute Gasteiger partial charge is 0.483 e. The van der Waals surface area contributed by atoms with Crippen molar-refractivity contribution in [3.63, 3.8) is 0 Å². The molecule has 0 radical (unpaired) electrons. The summed E-state index contributed by atoms with van der Waals surface area (Å²) in [6, 6.07) is 12.6. The van der Waals surface area contributed by atoms with E-state index in [9.17, 15) is 9.59 Å². The van der Waals surface area contributed by atoms with Crippen LogP contribution in [0.15, 0.2) is 42.5 Å². The van der Waals surface area contributed by atoms with Gasteiger partial charge < -0.3 is 15.0 Å². The molecule has 154 valence electrons. The molecule has 2 aromatic rings. The Morgan fingerprint density at radius 1 is 1.14 bits per heavy atom. The van der Waals surface area contributed by atoms with Gasteiger partial charge >= 0.3 is 0 Å². The second-order valence-electron chi connectivity index (χ2n) is 6.33. The van der Waals surface area contributed by atoms with Crippen molar-refractivity contribution in [3.8, 4) is 5.75 Å². The molecule has 1 heterocycles. The van der Waals surface area contributed by atoms with Crippen LogP contribution in [0.2, 0.25) is 10.0 Å². The van der Waals surface area contributed by atoms with Crippen LogP contribution in [0.5, 0.6) is 5.75 Å². The van der Waals surface area contributed by atoms with Gasteiger partial charge in [0.1, 0.15) is 5.75 Å². The van der Waals surface area contributed by atoms with Crippen molar-refractivity contribution in [3.05, 3.63) is 58.1 Å². The summed E-state index contributed by atoms with van der Waals surface area (Å²) in [5.74, 6) is 2.31. The highest BCUT2D eigenvalue weighted by atomic mass is 35.5. The van der Waals surface area contributed by atoms with Crippen LogP contribution < -0.4 is 10.1 Å². The van der Waals surface area contributed by atoms with Gasteiger partial charge in [-0.05, 0) is 24.3 Å². The maximum Gasteiger partial charge on any atom is 0.260 e. The number of para-hydroxylation sites is 1. The van der Waals surface area contributed by atoms with Crippen LogP contribution in [0.3, 0.4) is 0 Å². The highest BCUT2D eigenvalue weighted by Crippen LogP contribution is 2.48. The summed E-state index contributed by atoms with van der Waals surface area (Å²) in [6.07, 6.45) is 0. The van der Waals surface area contributed by atoms with Crippen LogP contribution in [-0.2, 0) is 9.59 Å². The molecule has 1 aliphatic heterocycles. The van der Waals surface area contributed by atoms with Crippen LogP contribution >= 0.6 is 46.7 Å². The van der Waals surface area contributed by atoms with Crippen molar-refractivity contribution in [2.45, 2.75) is 4.58 Å². The zero-order valence-corrected chi connectivity index (χ0v) is 18.8. The molecule has 2 amide bonds. The van der Waals surface area contributed by atoms with Gasteiger partial charge in [-0.1, -0.05) is 41.4 Å². The molecule has 0 aromatic heterocycles. The predicted molar refractivity (Wildman–Crippen MR) is 122 cm³/mol. The molecule has 5 nitrogen and oxygen atoms in total. The first-order chi connectivity index (χ1) is 13.9. The summed E-state index contributed by atoms with van der Waals surface area (Å²) in [5, 5.41) is 3.45. The number of amides is 2. The lowest BCUT2D eigenvalue weighted by atomic mass is 10.2. The molecule has 0 bridgehead atoms. The molecule has 0 aliphatic carbocycles. The molecular formula is C20H20Cl2N2O3S2. The minimum Gasteiger partial charge on any atom is -0.483 e. The Labute approximate surface area is 188 Å². The smallest absolute Gasteiger partial charge is 0.260 e. The third kappa shape index (κ3) is 6.22. The average Bonchev–Trinajstić information content (AvgIpc) is 3.23. The van der Waals surface area contributed by atoms with E-state index in [1.165, 1.54) is 4.90 Å². The van der Waals surface area contributed by atoms with Crippen molar-refractivity contribution in [1.82, 2.24) is 4.90 Å². The van der Waals surface area contributed by atoms with Crippen molar-refractivity contribution < 1.29 is 14.3 Å². The highest BCUT2D eigenvalue weighted by Gasteiger charge is 2.22. The van der Waals surface area contributed by atoms with E-state index in [1.807, 2.05) is 47.8 Å². The molecule has 0 spiro atoms. The van der Waals surface area contributed by atoms with E-state index in [0.717, 1.165) is 17.1 Å². The lowest BCUT2D eigenvalue weighted by Crippen LogP contribution is -2.37. The van der Waals surface area contributed by atoms with E-state index in [2.05, 4.69) is 5.32 Å². The summed E-state index contributed by atoms with van der Waals surface area (Å²) >= 11 is 15.6. The number of carbonyl (C=O) groups excluding carboxylic acids is 2. The first-order valence-corrected chi connectivity index (χ1v) is 11.7. The molecule has 1 fully saturated rings. The monoisotopic (exact) mass is 470 g/mol. The third-order valence-electron chi connectivity index (χ3n) is 4.16. The fraction of sp³-hybridized carbons (Fsp3) is 0.300. The second kappa shape index (κ2) is 10.5. The molecule has 1 aliphatic rings. The van der Waals surface area contributed by atoms with Crippen LogP contribution in [0.4, 0.5) is 5.69 Å². The number of anilines is 1. The molecule has 0 saturated carbocycles. The van der Waals surface area contributed by atoms with Gasteiger partial charge in [-0.15, -0.1) is 23.5 Å². The molecule has 1 saturated heterocycles. The third-order valence-corrected chi connectivity index (χ3v) is 7.96.